The molecule has 2 aromatic carbocycles. The van der Waals surface area contributed by atoms with Gasteiger partial charge in [0.1, 0.15) is 5.75 Å². The fourth-order valence-corrected chi connectivity index (χ4v) is 3.39. The molecule has 1 heterocycles. The fourth-order valence-electron chi connectivity index (χ4n) is 3.39. The van der Waals surface area contributed by atoms with E-state index >= 15 is 0 Å². The quantitative estimate of drug-likeness (QED) is 0.882. The number of carbonyl (C=O) groups excluding carboxylic acids is 1. The average molecular weight is 323 g/mol. The molecule has 3 atom stereocenters. The van der Waals surface area contributed by atoms with Crippen LogP contribution in [0.3, 0.4) is 0 Å². The molecule has 0 saturated carbocycles. The smallest absolute Gasteiger partial charge is 0.228 e. The van der Waals surface area contributed by atoms with Gasteiger partial charge < -0.3 is 10.1 Å². The zero-order valence-corrected chi connectivity index (χ0v) is 14.4. The Morgan fingerprint density at radius 2 is 1.88 bits per heavy atom. The molecule has 0 fully saturated rings. The van der Waals surface area contributed by atoms with E-state index in [4.69, 9.17) is 4.74 Å². The lowest BCUT2D eigenvalue weighted by atomic mass is 9.84. The maximum absolute atomic E-state index is 13.1. The van der Waals surface area contributed by atoms with Gasteiger partial charge in [-0.05, 0) is 17.5 Å². The van der Waals surface area contributed by atoms with Crippen LogP contribution < -0.4 is 10.1 Å². The normalized spacial score (nSPS) is 18.8. The monoisotopic (exact) mass is 323 g/mol. The molecule has 3 heteroatoms. The number of amides is 1. The van der Waals surface area contributed by atoms with E-state index in [2.05, 4.69) is 19.2 Å². The van der Waals surface area contributed by atoms with Crippen molar-refractivity contribution < 1.29 is 9.53 Å². The number of para-hydroxylation sites is 1. The summed E-state index contributed by atoms with van der Waals surface area (Å²) in [6.07, 6.45) is 1.78. The highest BCUT2D eigenvalue weighted by Crippen LogP contribution is 2.33. The van der Waals surface area contributed by atoms with Crippen molar-refractivity contribution in [2.24, 2.45) is 5.92 Å². The number of nitrogens with one attached hydrogen (secondary N) is 1. The number of ether oxygens (including phenoxy) is 1. The minimum atomic E-state index is -0.119. The summed E-state index contributed by atoms with van der Waals surface area (Å²) in [7, 11) is 0. The Kier molecular flexibility index (Phi) is 5.19. The number of hydrogen-bond donors (Lipinski definition) is 1. The van der Waals surface area contributed by atoms with Crippen LogP contribution in [0, 0.1) is 5.92 Å². The first-order valence-electron chi connectivity index (χ1n) is 8.77. The molecule has 1 amide bonds. The molecular weight excluding hydrogens is 298 g/mol. The van der Waals surface area contributed by atoms with E-state index < -0.39 is 0 Å². The van der Waals surface area contributed by atoms with Crippen molar-refractivity contribution >= 4 is 5.91 Å². The second kappa shape index (κ2) is 7.52. The van der Waals surface area contributed by atoms with Crippen LogP contribution >= 0.6 is 0 Å². The molecule has 1 aliphatic heterocycles. The molecule has 3 rings (SSSR count). The molecule has 1 aliphatic rings. The summed E-state index contributed by atoms with van der Waals surface area (Å²) in [4.78, 5) is 13.1. The van der Waals surface area contributed by atoms with Crippen molar-refractivity contribution in [1.29, 1.82) is 0 Å². The zero-order valence-electron chi connectivity index (χ0n) is 14.4. The lowest BCUT2D eigenvalue weighted by molar-refractivity contribution is -0.124. The second-order valence-electron chi connectivity index (χ2n) is 6.51. The Balaban J connectivity index is 1.82. The highest BCUT2D eigenvalue weighted by atomic mass is 16.5. The summed E-state index contributed by atoms with van der Waals surface area (Å²) in [6.45, 7) is 4.92. The second-order valence-corrected chi connectivity index (χ2v) is 6.51. The molecule has 2 aromatic rings. The van der Waals surface area contributed by atoms with Gasteiger partial charge in [0.05, 0.1) is 18.6 Å². The Hall–Kier alpha value is -2.29. The summed E-state index contributed by atoms with van der Waals surface area (Å²) in [5, 5.41) is 3.27. The molecule has 3 nitrogen and oxygen atoms in total. The van der Waals surface area contributed by atoms with Crippen molar-refractivity contribution in [3.8, 4) is 5.75 Å². The van der Waals surface area contributed by atoms with Crippen LogP contribution in [0.5, 0.6) is 5.75 Å². The van der Waals surface area contributed by atoms with Gasteiger partial charge in [0.2, 0.25) is 5.91 Å². The van der Waals surface area contributed by atoms with Crippen molar-refractivity contribution in [2.75, 3.05) is 6.61 Å². The molecule has 0 aliphatic carbocycles. The van der Waals surface area contributed by atoms with Gasteiger partial charge in [0.25, 0.3) is 0 Å². The molecule has 126 valence electrons. The minimum absolute atomic E-state index is 0.0257. The summed E-state index contributed by atoms with van der Waals surface area (Å²) in [5.41, 5.74) is 2.16. The summed E-state index contributed by atoms with van der Waals surface area (Å²) in [5.74, 6) is 1.17. The van der Waals surface area contributed by atoms with E-state index in [0.717, 1.165) is 29.7 Å². The molecule has 24 heavy (non-hydrogen) atoms. The Morgan fingerprint density at radius 1 is 1.17 bits per heavy atom. The molecule has 0 saturated heterocycles. The van der Waals surface area contributed by atoms with Crippen LogP contribution in [-0.4, -0.2) is 12.5 Å². The fraction of sp³-hybridized carbons (Fsp3) is 0.381. The lowest BCUT2D eigenvalue weighted by Crippen LogP contribution is -2.37. The molecule has 0 bridgehead atoms. The average Bonchev–Trinajstić information content (AvgIpc) is 2.63. The lowest BCUT2D eigenvalue weighted by Gasteiger charge is -2.30. The van der Waals surface area contributed by atoms with E-state index in [1.165, 1.54) is 0 Å². The van der Waals surface area contributed by atoms with Crippen LogP contribution in [-0.2, 0) is 4.79 Å². The van der Waals surface area contributed by atoms with E-state index in [1.807, 2.05) is 54.6 Å². The number of benzene rings is 2. The molecular formula is C21H25NO2. The molecule has 0 aromatic heterocycles. The van der Waals surface area contributed by atoms with Crippen LogP contribution in [0.25, 0.3) is 0 Å². The van der Waals surface area contributed by atoms with Crippen molar-refractivity contribution in [3.05, 3.63) is 65.7 Å². The molecule has 1 N–H and O–H groups in total. The van der Waals surface area contributed by atoms with Crippen molar-refractivity contribution in [3.63, 3.8) is 0 Å². The first kappa shape index (κ1) is 16.6. The third-order valence-electron chi connectivity index (χ3n) is 4.93. The van der Waals surface area contributed by atoms with Crippen LogP contribution in [0.1, 0.15) is 49.8 Å². The molecule has 0 spiro atoms. The van der Waals surface area contributed by atoms with Gasteiger partial charge >= 0.3 is 0 Å². The van der Waals surface area contributed by atoms with Crippen LogP contribution in [0.4, 0.5) is 0 Å². The van der Waals surface area contributed by atoms with Crippen molar-refractivity contribution in [1.82, 2.24) is 5.32 Å². The predicted octanol–water partition coefficient (Wildman–Crippen LogP) is 4.46. The Morgan fingerprint density at radius 3 is 2.62 bits per heavy atom. The van der Waals surface area contributed by atoms with E-state index in [0.29, 0.717) is 12.5 Å². The third-order valence-corrected chi connectivity index (χ3v) is 4.93. The highest BCUT2D eigenvalue weighted by Gasteiger charge is 2.29. The summed E-state index contributed by atoms with van der Waals surface area (Å²) in [6, 6.07) is 18.1. The first-order valence-corrected chi connectivity index (χ1v) is 8.77. The standard InChI is InChI=1S/C21H25NO2/c1-3-15(2)20(16-9-5-4-6-10-16)21(23)22-18-13-14-24-19-12-8-7-11-17(18)19/h4-12,15,18,20H,3,13-14H2,1-2H3,(H,22,23)/t15-,18-,20-/m0/s1. The Labute approximate surface area is 144 Å². The zero-order chi connectivity index (χ0) is 16.9. The number of hydrogen-bond acceptors (Lipinski definition) is 2. The third kappa shape index (κ3) is 3.45. The minimum Gasteiger partial charge on any atom is -0.493 e. The maximum Gasteiger partial charge on any atom is 0.228 e. The van der Waals surface area contributed by atoms with Gasteiger partial charge in [0, 0.05) is 12.0 Å². The van der Waals surface area contributed by atoms with E-state index in [9.17, 15) is 4.79 Å². The van der Waals surface area contributed by atoms with Gasteiger partial charge in [-0.3, -0.25) is 4.79 Å². The van der Waals surface area contributed by atoms with Crippen LogP contribution in [0.2, 0.25) is 0 Å². The number of carbonyl (C=O) groups is 1. The maximum atomic E-state index is 13.1. The summed E-state index contributed by atoms with van der Waals surface area (Å²) >= 11 is 0. The number of fused-ring (bicyclic) bond motifs is 1. The predicted molar refractivity (Wildman–Crippen MR) is 96.1 cm³/mol. The van der Waals surface area contributed by atoms with Crippen LogP contribution in [0.15, 0.2) is 54.6 Å². The highest BCUT2D eigenvalue weighted by molar-refractivity contribution is 5.84. The topological polar surface area (TPSA) is 38.3 Å². The molecule has 0 unspecified atom stereocenters. The first-order chi connectivity index (χ1) is 11.7. The number of rotatable bonds is 5. The van der Waals surface area contributed by atoms with Crippen molar-refractivity contribution in [2.45, 2.75) is 38.6 Å². The Bertz CT molecular complexity index is 683. The van der Waals surface area contributed by atoms with E-state index in [1.54, 1.807) is 0 Å². The van der Waals surface area contributed by atoms with Gasteiger partial charge in [-0.1, -0.05) is 68.8 Å². The van der Waals surface area contributed by atoms with Gasteiger partial charge in [0.15, 0.2) is 0 Å². The van der Waals surface area contributed by atoms with E-state index in [-0.39, 0.29) is 17.9 Å². The largest absolute Gasteiger partial charge is 0.493 e. The summed E-state index contributed by atoms with van der Waals surface area (Å²) < 4.78 is 5.70. The van der Waals surface area contributed by atoms with Gasteiger partial charge in [-0.2, -0.15) is 0 Å². The van der Waals surface area contributed by atoms with Gasteiger partial charge in [-0.25, -0.2) is 0 Å². The SMILES string of the molecule is CC[C@H](C)[C@H](C(=O)N[C@H]1CCOc2ccccc21)c1ccccc1. The van der Waals surface area contributed by atoms with Gasteiger partial charge in [-0.15, -0.1) is 0 Å². The molecule has 0 radical (unpaired) electrons.